The summed E-state index contributed by atoms with van der Waals surface area (Å²) in [6, 6.07) is 8.28. The van der Waals surface area contributed by atoms with Crippen LogP contribution < -0.4 is 0 Å². The summed E-state index contributed by atoms with van der Waals surface area (Å²) in [5, 5.41) is 0. The van der Waals surface area contributed by atoms with Crippen molar-refractivity contribution < 1.29 is 28.4 Å². The third-order valence-corrected chi connectivity index (χ3v) is 29.5. The molecule has 15 nitrogen and oxygen atoms in total. The zero-order valence-corrected chi connectivity index (χ0v) is 74.2. The van der Waals surface area contributed by atoms with Crippen LogP contribution in [0.25, 0.3) is 0 Å². The van der Waals surface area contributed by atoms with Gasteiger partial charge in [0.05, 0.1) is 51.3 Å². The Hall–Kier alpha value is -0.600. The van der Waals surface area contributed by atoms with Crippen molar-refractivity contribution in [2.75, 3.05) is 162 Å². The molecule has 4 aliphatic carbocycles. The molecular weight excluding hydrogens is 1290 g/mol. The van der Waals surface area contributed by atoms with E-state index in [2.05, 4.69) is 232 Å². The number of rotatable bonds is 16. The molecule has 2 bridgehead atoms. The highest BCUT2D eigenvalue weighted by Gasteiger charge is 2.56. The van der Waals surface area contributed by atoms with Gasteiger partial charge in [0, 0.05) is 163 Å². The number of ether oxygens (including phenoxy) is 6. The minimum Gasteiger partial charge on any atom is -0.384 e. The van der Waals surface area contributed by atoms with Gasteiger partial charge in [0.15, 0.2) is 0 Å². The molecule has 0 radical (unpaired) electrons. The molecule has 0 N–H and O–H groups in total. The van der Waals surface area contributed by atoms with Crippen LogP contribution in [0, 0.1) is 64.6 Å². The van der Waals surface area contributed by atoms with Crippen molar-refractivity contribution in [2.45, 2.75) is 350 Å². The van der Waals surface area contributed by atoms with E-state index in [0.29, 0.717) is 52.7 Å². The molecule has 0 aromatic heterocycles. The minimum atomic E-state index is 0.264. The van der Waals surface area contributed by atoms with Gasteiger partial charge in [-0.05, 0) is 280 Å². The molecule has 15 fully saturated rings. The molecular formula is C89H177N9O6. The maximum absolute atomic E-state index is 5.50. The lowest BCUT2D eigenvalue weighted by Crippen LogP contribution is -2.62. The van der Waals surface area contributed by atoms with E-state index in [1.165, 1.54) is 155 Å². The first kappa shape index (κ1) is 92.3. The zero-order chi connectivity index (χ0) is 77.2. The first-order valence-corrected chi connectivity index (χ1v) is 44.0. The monoisotopic (exact) mass is 1470 g/mol. The lowest BCUT2D eigenvalue weighted by Gasteiger charge is -2.52. The molecule has 104 heavy (non-hydrogen) atoms. The molecule has 11 heterocycles. The van der Waals surface area contributed by atoms with Gasteiger partial charge in [-0.15, -0.1) is 0 Å². The number of hydrogen-bond donors (Lipinski definition) is 0. The summed E-state index contributed by atoms with van der Waals surface area (Å²) in [5.41, 5.74) is 1.97. The molecule has 614 valence electrons. The molecule has 11 aliphatic heterocycles. The van der Waals surface area contributed by atoms with E-state index in [0.717, 1.165) is 161 Å². The van der Waals surface area contributed by atoms with Gasteiger partial charge in [0.1, 0.15) is 0 Å². The van der Waals surface area contributed by atoms with E-state index >= 15 is 0 Å². The van der Waals surface area contributed by atoms with Gasteiger partial charge in [0.25, 0.3) is 0 Å². The number of nitrogens with zero attached hydrogens (tertiary/aromatic N) is 9. The van der Waals surface area contributed by atoms with Crippen molar-refractivity contribution in [1.29, 1.82) is 0 Å². The van der Waals surface area contributed by atoms with Crippen LogP contribution in [-0.2, 0) is 28.4 Å². The SMILES string of the molecule is CC(C)C1(N(C)C)CCC1.CC(C)C12CCC(CC1)N2C.CC(C)C1C2CCOC21.CC(C)N1CC2CCOCC21.CC(C)N1CC2CN(C)CC21.CC(C)N1CC2COCC21.CC(C)N1CCCCC1C.CC(C)N1CCOCC1CN(C)C.COC1(C(C)C)CCC1.COCC1(C(C)C)CCC1. The largest absolute Gasteiger partial charge is 0.384 e. The maximum Gasteiger partial charge on any atom is 0.0701 e. The van der Waals surface area contributed by atoms with E-state index in [-0.39, 0.29) is 5.60 Å². The Morgan fingerprint density at radius 1 is 0.462 bits per heavy atom. The van der Waals surface area contributed by atoms with Crippen LogP contribution >= 0.6 is 0 Å². The summed E-state index contributed by atoms with van der Waals surface area (Å²) in [6.45, 7) is 66.0. The third kappa shape index (κ3) is 24.2. The number of hydrogen-bond acceptors (Lipinski definition) is 15. The second-order valence-electron chi connectivity index (χ2n) is 39.3. The summed E-state index contributed by atoms with van der Waals surface area (Å²) in [7, 11) is 16.8. The fourth-order valence-corrected chi connectivity index (χ4v) is 21.3. The van der Waals surface area contributed by atoms with E-state index in [1.54, 1.807) is 0 Å². The summed E-state index contributed by atoms with van der Waals surface area (Å²) in [5.74, 6) is 8.66. The number of fused-ring (bicyclic) bond motifs is 6. The highest BCUT2D eigenvalue weighted by atomic mass is 16.5. The molecule has 15 rings (SSSR count). The molecule has 0 spiro atoms. The van der Waals surface area contributed by atoms with Crippen LogP contribution in [-0.4, -0.2) is 295 Å². The highest BCUT2D eigenvalue weighted by Crippen LogP contribution is 2.53. The normalized spacial score (nSPS) is 33.4. The topological polar surface area (TPSA) is 84.5 Å². The summed E-state index contributed by atoms with van der Waals surface area (Å²) < 4.78 is 32.5. The first-order chi connectivity index (χ1) is 49.1. The molecule has 11 saturated heterocycles. The second-order valence-corrected chi connectivity index (χ2v) is 39.3. The highest BCUT2D eigenvalue weighted by molar-refractivity contribution is 5.08. The Balaban J connectivity index is 0.000000182. The average molecular weight is 1470 g/mol. The number of morpholine rings is 1. The van der Waals surface area contributed by atoms with E-state index in [1.807, 2.05) is 14.2 Å². The fourth-order valence-electron chi connectivity index (χ4n) is 21.3. The predicted molar refractivity (Wildman–Crippen MR) is 442 cm³/mol. The Morgan fingerprint density at radius 2 is 1.01 bits per heavy atom. The molecule has 11 atom stereocenters. The first-order valence-electron chi connectivity index (χ1n) is 44.0. The summed E-state index contributed by atoms with van der Waals surface area (Å²) in [4.78, 5) is 22.6. The third-order valence-electron chi connectivity index (χ3n) is 29.5. The Morgan fingerprint density at radius 3 is 1.35 bits per heavy atom. The van der Waals surface area contributed by atoms with Gasteiger partial charge >= 0.3 is 0 Å². The van der Waals surface area contributed by atoms with Crippen molar-refractivity contribution in [1.82, 2.24) is 44.1 Å². The quantitative estimate of drug-likeness (QED) is 0.147. The molecule has 4 saturated carbocycles. The Labute approximate surface area is 645 Å². The summed E-state index contributed by atoms with van der Waals surface area (Å²) in [6.07, 6.45) is 25.6. The van der Waals surface area contributed by atoms with Crippen LogP contribution in [0.2, 0.25) is 0 Å². The minimum absolute atomic E-state index is 0.264. The summed E-state index contributed by atoms with van der Waals surface area (Å²) >= 11 is 0. The van der Waals surface area contributed by atoms with Crippen LogP contribution in [0.1, 0.15) is 261 Å². The average Bonchev–Trinajstić information content (AvgIpc) is 1.56. The van der Waals surface area contributed by atoms with Crippen molar-refractivity contribution in [3.63, 3.8) is 0 Å². The number of likely N-dealkylation sites (tertiary alicyclic amines) is 5. The maximum atomic E-state index is 5.50. The van der Waals surface area contributed by atoms with Crippen molar-refractivity contribution >= 4 is 0 Å². The fraction of sp³-hybridized carbons (Fsp3) is 1.00. The van der Waals surface area contributed by atoms with E-state index in [9.17, 15) is 0 Å². The van der Waals surface area contributed by atoms with Gasteiger partial charge in [-0.1, -0.05) is 82.1 Å². The van der Waals surface area contributed by atoms with Crippen molar-refractivity contribution in [3.05, 3.63) is 0 Å². The second kappa shape index (κ2) is 43.0. The van der Waals surface area contributed by atoms with Crippen LogP contribution in [0.3, 0.4) is 0 Å². The molecule has 0 aromatic carbocycles. The van der Waals surface area contributed by atoms with Crippen molar-refractivity contribution in [3.8, 4) is 0 Å². The van der Waals surface area contributed by atoms with Gasteiger partial charge in [-0.25, -0.2) is 0 Å². The predicted octanol–water partition coefficient (Wildman–Crippen LogP) is 16.2. The van der Waals surface area contributed by atoms with E-state index in [4.69, 9.17) is 28.4 Å². The van der Waals surface area contributed by atoms with Gasteiger partial charge in [-0.3, -0.25) is 29.4 Å². The molecule has 15 heteroatoms. The smallest absolute Gasteiger partial charge is 0.0701 e. The lowest BCUT2D eigenvalue weighted by molar-refractivity contribution is -0.105. The van der Waals surface area contributed by atoms with Crippen molar-refractivity contribution in [2.24, 2.45) is 64.6 Å². The molecule has 15 aliphatic rings. The Bertz CT molecular complexity index is 2270. The van der Waals surface area contributed by atoms with E-state index < -0.39 is 0 Å². The molecule has 11 unspecified atom stereocenters. The van der Waals surface area contributed by atoms with Crippen LogP contribution in [0.4, 0.5) is 0 Å². The van der Waals surface area contributed by atoms with Gasteiger partial charge < -0.3 is 43.1 Å². The number of methoxy groups -OCH3 is 2. The molecule has 0 amide bonds. The Kier molecular flexibility index (Phi) is 38.2. The van der Waals surface area contributed by atoms with Crippen LogP contribution in [0.5, 0.6) is 0 Å². The lowest BCUT2D eigenvalue weighted by atomic mass is 9.63. The van der Waals surface area contributed by atoms with Gasteiger partial charge in [0.2, 0.25) is 0 Å². The standard InChI is InChI=1S/C10H22N2O.C10H19N.C9H18N2.C9H17NO.2C9H19N.C9H18O.C8H15NO.C8H14O.C8H16O/c1-9(2)12-5-6-13-8-10(12)7-11(3)4;1-8(2)10-6-4-9(5-7-10)11(10)3;1-7(2)11-5-8-4-10(3)6-9(8)11;1-7(2)10-5-8-3-4-11-6-9(8)10;1-8(2)9(10(3)4)6-5-7-9;1-8(2)10-7-5-4-6-9(10)3;1-8(2)9(7-10-3)5-4-6-9;1-6(2)9-3-7-4-10-5-8(7)9;1-5(2)7-6-3-4-9-8(6)7;1-7(2)8(9-3)5-4-6-8/h9-10H,5-8H2,1-4H3;8-9H,4-7H2,1-3H3;7-9H,4-6H2,1-3H3;7-9H,3-6H2,1-2H3;8H,5-7H2,1-4H3;8-9H,4-7H2,1-3H3;8H,4-7H2,1-3H3;6-8H,3-5H2,1-2H3;5-8H,3-4H2,1-2H3;7H,4-6H2,1-3H3. The molecule has 0 aromatic rings. The number of likely N-dealkylation sites (N-methyl/N-ethyl adjacent to an activating group) is 2. The van der Waals surface area contributed by atoms with Crippen LogP contribution in [0.15, 0.2) is 0 Å². The van der Waals surface area contributed by atoms with Gasteiger partial charge in [-0.2, -0.15) is 0 Å². The number of piperidine rings is 1. The zero-order valence-electron chi connectivity index (χ0n) is 74.2.